The van der Waals surface area contributed by atoms with Gasteiger partial charge in [0.1, 0.15) is 46.4 Å². The molecule has 12 nitrogen and oxygen atoms in total. The van der Waals surface area contributed by atoms with Gasteiger partial charge in [-0.2, -0.15) is 0 Å². The number of para-hydroxylation sites is 6. The molecule has 0 unspecified atom stereocenters. The van der Waals surface area contributed by atoms with E-state index in [4.69, 9.17) is 56.8 Å². The Balaban J connectivity index is 1.61. The Morgan fingerprint density at radius 1 is 0.243 bits per heavy atom. The Labute approximate surface area is 412 Å². The SMILES string of the molecule is COCOc1ccccc1[P+](Cc1ccccc1C[P+](c1ccccc1OCOC)(c1ccccc1OCOC)c1ccccc1OCOC)(c1ccccc1OCOC)c1ccccc1OCOC. The van der Waals surface area contributed by atoms with E-state index in [1.54, 1.807) is 42.7 Å². The maximum atomic E-state index is 6.54. The van der Waals surface area contributed by atoms with Crippen molar-refractivity contribution in [3.8, 4) is 34.5 Å². The van der Waals surface area contributed by atoms with Crippen LogP contribution in [0.5, 0.6) is 34.5 Å². The summed E-state index contributed by atoms with van der Waals surface area (Å²) in [6.45, 7) is 0.190. The second-order valence-corrected chi connectivity index (χ2v) is 22.6. The smallest absolute Gasteiger partial charge is 0.188 e. The lowest BCUT2D eigenvalue weighted by Crippen LogP contribution is -2.37. The molecule has 7 rings (SSSR count). The van der Waals surface area contributed by atoms with E-state index in [1.165, 1.54) is 0 Å². The van der Waals surface area contributed by atoms with Crippen LogP contribution in [0.3, 0.4) is 0 Å². The van der Waals surface area contributed by atoms with Crippen molar-refractivity contribution >= 4 is 46.4 Å². The molecule has 0 saturated carbocycles. The molecular weight excluding hydrogens is 927 g/mol. The molecule has 0 radical (unpaired) electrons. The van der Waals surface area contributed by atoms with Crippen molar-refractivity contribution in [2.45, 2.75) is 12.3 Å². The first-order chi connectivity index (χ1) is 34.5. The molecule has 0 N–H and O–H groups in total. The molecule has 0 fully saturated rings. The summed E-state index contributed by atoms with van der Waals surface area (Å²) >= 11 is 0. The normalized spacial score (nSPS) is 11.5. The van der Waals surface area contributed by atoms with Gasteiger partial charge >= 0.3 is 0 Å². The Bertz CT molecular complexity index is 2280. The van der Waals surface area contributed by atoms with Crippen molar-refractivity contribution in [3.63, 3.8) is 0 Å². The van der Waals surface area contributed by atoms with E-state index in [0.717, 1.165) is 43.0 Å². The lowest BCUT2D eigenvalue weighted by atomic mass is 10.1. The molecule has 14 heteroatoms. The van der Waals surface area contributed by atoms with Crippen molar-refractivity contribution in [3.05, 3.63) is 181 Å². The van der Waals surface area contributed by atoms with Gasteiger partial charge in [-0.05, 0) is 83.9 Å². The van der Waals surface area contributed by atoms with Crippen molar-refractivity contribution in [2.24, 2.45) is 0 Å². The second kappa shape index (κ2) is 26.2. The zero-order valence-electron chi connectivity index (χ0n) is 40.6. The molecule has 0 bridgehead atoms. The lowest BCUT2D eigenvalue weighted by molar-refractivity contribution is 0.0513. The van der Waals surface area contributed by atoms with Gasteiger partial charge in [0.05, 0.1) is 12.3 Å². The molecule has 0 amide bonds. The quantitative estimate of drug-likeness (QED) is 0.0347. The molecule has 366 valence electrons. The van der Waals surface area contributed by atoms with Gasteiger partial charge in [0.15, 0.2) is 75.3 Å². The van der Waals surface area contributed by atoms with Crippen molar-refractivity contribution in [2.75, 3.05) is 83.4 Å². The van der Waals surface area contributed by atoms with Crippen LogP contribution in [-0.4, -0.2) is 83.4 Å². The van der Waals surface area contributed by atoms with Gasteiger partial charge in [-0.1, -0.05) is 97.1 Å². The van der Waals surface area contributed by atoms with Crippen molar-refractivity contribution < 1.29 is 56.8 Å². The third kappa shape index (κ3) is 11.6. The topological polar surface area (TPSA) is 111 Å². The van der Waals surface area contributed by atoms with Crippen molar-refractivity contribution in [1.82, 2.24) is 0 Å². The molecular formula is C56H62O12P2+2. The van der Waals surface area contributed by atoms with Gasteiger partial charge in [-0.25, -0.2) is 0 Å². The summed E-state index contributed by atoms with van der Waals surface area (Å²) in [7, 11) is 3.63. The van der Waals surface area contributed by atoms with Gasteiger partial charge in [-0.15, -0.1) is 0 Å². The molecule has 0 heterocycles. The first kappa shape index (κ1) is 51.8. The average Bonchev–Trinajstić information content (AvgIpc) is 3.41. The first-order valence-corrected chi connectivity index (χ1v) is 26.6. The van der Waals surface area contributed by atoms with Crippen molar-refractivity contribution in [1.29, 1.82) is 0 Å². The van der Waals surface area contributed by atoms with Crippen LogP contribution >= 0.6 is 14.5 Å². The van der Waals surface area contributed by atoms with E-state index in [2.05, 4.69) is 60.7 Å². The Hall–Kier alpha value is -6.04. The minimum Gasteiger partial charge on any atom is -0.463 e. The molecule has 70 heavy (non-hydrogen) atoms. The van der Waals surface area contributed by atoms with Crippen LogP contribution in [0.2, 0.25) is 0 Å². The summed E-state index contributed by atoms with van der Waals surface area (Å²) in [4.78, 5) is 0. The lowest BCUT2D eigenvalue weighted by Gasteiger charge is -2.33. The molecule has 0 saturated heterocycles. The van der Waals surface area contributed by atoms with Crippen LogP contribution in [0.25, 0.3) is 0 Å². The first-order valence-electron chi connectivity index (χ1n) is 22.6. The zero-order chi connectivity index (χ0) is 49.0. The minimum atomic E-state index is -3.04. The summed E-state index contributed by atoms with van der Waals surface area (Å²) in [5, 5.41) is 5.75. The molecule has 0 aromatic heterocycles. The van der Waals surface area contributed by atoms with Crippen LogP contribution in [0.15, 0.2) is 170 Å². The second-order valence-electron chi connectivity index (χ2n) is 15.8. The molecule has 7 aromatic rings. The van der Waals surface area contributed by atoms with E-state index in [9.17, 15) is 0 Å². The standard InChI is InChI=1S/C56H62O12P2/c1-57-37-63-45-23-9-15-29-51(45)69(52-30-16-10-24-46(52)64-38-58-2,53-31-17-11-25-47(53)65-39-59-3)35-43-21-7-8-22-44(43)36-70(54-32-18-12-26-48(54)66-40-60-4,55-33-19-13-27-49(55)67-41-61-5)56-34-20-14-28-50(56)68-42-62-6/h7-34H,35-42H2,1-6H3/q+2. The fourth-order valence-corrected chi connectivity index (χ4v) is 18.1. The van der Waals surface area contributed by atoms with Crippen LogP contribution in [-0.2, 0) is 40.7 Å². The van der Waals surface area contributed by atoms with Gasteiger partial charge in [0.2, 0.25) is 0 Å². The fraction of sp³-hybridized carbons (Fsp3) is 0.250. The third-order valence-corrected chi connectivity index (χ3v) is 20.4. The number of benzene rings is 7. The highest BCUT2D eigenvalue weighted by atomic mass is 31.2. The fourth-order valence-electron chi connectivity index (χ4n) is 8.77. The minimum absolute atomic E-state index is 0.0316. The number of methoxy groups -OCH3 is 6. The van der Waals surface area contributed by atoms with Gasteiger partial charge < -0.3 is 56.8 Å². The summed E-state index contributed by atoms with van der Waals surface area (Å²) in [5.74, 6) is 3.99. The summed E-state index contributed by atoms with van der Waals surface area (Å²) < 4.78 is 72.6. The monoisotopic (exact) mass is 988 g/mol. The number of rotatable bonds is 28. The Kier molecular flexibility index (Phi) is 19.4. The highest BCUT2D eigenvalue weighted by Gasteiger charge is 2.55. The van der Waals surface area contributed by atoms with Crippen LogP contribution in [0, 0.1) is 0 Å². The third-order valence-electron chi connectivity index (χ3n) is 11.6. The van der Waals surface area contributed by atoms with Crippen LogP contribution < -0.4 is 60.2 Å². The Morgan fingerprint density at radius 3 is 0.600 bits per heavy atom. The predicted molar refractivity (Wildman–Crippen MR) is 279 cm³/mol. The molecule has 0 aliphatic carbocycles. The van der Waals surface area contributed by atoms with Gasteiger partial charge in [0, 0.05) is 42.7 Å². The largest absolute Gasteiger partial charge is 0.463 e. The van der Waals surface area contributed by atoms with Crippen LogP contribution in [0.1, 0.15) is 11.1 Å². The average molecular weight is 989 g/mol. The predicted octanol–water partition coefficient (Wildman–Crippen LogP) is 8.57. The highest BCUT2D eigenvalue weighted by Crippen LogP contribution is 2.66. The van der Waals surface area contributed by atoms with E-state index in [-0.39, 0.29) is 40.8 Å². The van der Waals surface area contributed by atoms with Crippen LogP contribution in [0.4, 0.5) is 0 Å². The molecule has 0 aliphatic rings. The molecule has 0 atom stereocenters. The van der Waals surface area contributed by atoms with Gasteiger partial charge in [-0.3, -0.25) is 0 Å². The zero-order valence-corrected chi connectivity index (χ0v) is 42.4. The maximum Gasteiger partial charge on any atom is 0.188 e. The van der Waals surface area contributed by atoms with E-state index < -0.39 is 14.5 Å². The maximum absolute atomic E-state index is 6.54. The molecule has 0 aliphatic heterocycles. The van der Waals surface area contributed by atoms with E-state index in [1.807, 2.05) is 109 Å². The van der Waals surface area contributed by atoms with E-state index >= 15 is 0 Å². The summed E-state index contributed by atoms with van der Waals surface area (Å²) in [6.07, 6.45) is 0.978. The number of ether oxygens (including phenoxy) is 12. The highest BCUT2D eigenvalue weighted by molar-refractivity contribution is 7.96. The number of hydrogen-bond acceptors (Lipinski definition) is 12. The summed E-state index contributed by atoms with van der Waals surface area (Å²) in [5.41, 5.74) is 2.15. The molecule has 0 spiro atoms. The molecule has 7 aromatic carbocycles. The van der Waals surface area contributed by atoms with E-state index in [0.29, 0.717) is 46.8 Å². The number of hydrogen-bond donors (Lipinski definition) is 0. The Morgan fingerprint density at radius 2 is 0.414 bits per heavy atom. The summed E-state index contributed by atoms with van der Waals surface area (Å²) in [6, 6.07) is 57.7. The van der Waals surface area contributed by atoms with Gasteiger partial charge in [0.25, 0.3) is 0 Å².